The van der Waals surface area contributed by atoms with Crippen LogP contribution in [0.1, 0.15) is 6.92 Å². The second-order valence-electron chi connectivity index (χ2n) is 1.89. The van der Waals surface area contributed by atoms with Crippen molar-refractivity contribution in [2.45, 2.75) is 6.92 Å². The van der Waals surface area contributed by atoms with E-state index in [1.807, 2.05) is 6.92 Å². The maximum atomic E-state index is 8.25. The second kappa shape index (κ2) is 5.09. The maximum Gasteiger partial charge on any atom is 0.327 e. The Morgan fingerprint density at radius 3 is 2.56 bits per heavy atom. The van der Waals surface area contributed by atoms with Gasteiger partial charge in [-0.25, -0.2) is 0 Å². The Morgan fingerprint density at radius 2 is 2.22 bits per heavy atom. The molecule has 0 amide bonds. The molecule has 0 radical (unpaired) electrons. The van der Waals surface area contributed by atoms with Gasteiger partial charge in [-0.2, -0.15) is 0 Å². The van der Waals surface area contributed by atoms with Gasteiger partial charge in [-0.15, -0.1) is 0 Å². The fourth-order valence-electron chi connectivity index (χ4n) is 0.262. The fraction of sp³-hybridized carbons (Fsp3) is 1.00. The summed E-state index contributed by atoms with van der Waals surface area (Å²) < 4.78 is 4.49. The van der Waals surface area contributed by atoms with Crippen LogP contribution in [0.5, 0.6) is 0 Å². The highest BCUT2D eigenvalue weighted by Gasteiger charge is 2.02. The largest absolute Gasteiger partial charge is 0.330 e. The molecule has 9 heavy (non-hydrogen) atoms. The van der Waals surface area contributed by atoms with Gasteiger partial charge in [0.2, 0.25) is 0 Å². The molecule has 0 aliphatic carbocycles. The van der Waals surface area contributed by atoms with Crippen molar-refractivity contribution in [3.8, 4) is 0 Å². The molecule has 0 saturated carbocycles. The van der Waals surface area contributed by atoms with Crippen LogP contribution in [0.3, 0.4) is 0 Å². The molecule has 5 heteroatoms. The molecule has 56 valence electrons. The van der Waals surface area contributed by atoms with Gasteiger partial charge in [0.25, 0.3) is 0 Å². The summed E-state index contributed by atoms with van der Waals surface area (Å²) in [6.07, 6.45) is 0. The summed E-state index contributed by atoms with van der Waals surface area (Å²) >= 11 is 0. The van der Waals surface area contributed by atoms with Crippen molar-refractivity contribution in [2.75, 3.05) is 13.2 Å². The maximum absolute atomic E-state index is 8.25. The van der Waals surface area contributed by atoms with Crippen LogP contribution < -0.4 is 5.73 Å². The predicted molar refractivity (Wildman–Crippen MR) is 35.5 cm³/mol. The molecule has 0 aliphatic heterocycles. The first-order valence-corrected chi connectivity index (χ1v) is 3.84. The van der Waals surface area contributed by atoms with Crippen molar-refractivity contribution >= 4 is 8.60 Å². The molecule has 0 spiro atoms. The van der Waals surface area contributed by atoms with Crippen molar-refractivity contribution in [2.24, 2.45) is 11.7 Å². The highest BCUT2D eigenvalue weighted by Crippen LogP contribution is 2.24. The van der Waals surface area contributed by atoms with E-state index < -0.39 is 8.60 Å². The third-order valence-corrected chi connectivity index (χ3v) is 1.26. The van der Waals surface area contributed by atoms with E-state index in [4.69, 9.17) is 15.5 Å². The quantitative estimate of drug-likeness (QED) is 0.489. The first-order valence-electron chi connectivity index (χ1n) is 2.67. The highest BCUT2D eigenvalue weighted by molar-refractivity contribution is 7.39. The average Bonchev–Trinajstić information content (AvgIpc) is 1.83. The minimum atomic E-state index is -2.19. The molecule has 0 rings (SSSR count). The SMILES string of the molecule is CC(CN)COP(O)O. The Kier molecular flexibility index (Phi) is 5.24. The summed E-state index contributed by atoms with van der Waals surface area (Å²) in [6.45, 7) is 2.69. The third-order valence-electron chi connectivity index (χ3n) is 0.877. The van der Waals surface area contributed by atoms with Crippen LogP contribution in [0.2, 0.25) is 0 Å². The average molecular weight is 153 g/mol. The topological polar surface area (TPSA) is 75.7 Å². The zero-order chi connectivity index (χ0) is 7.28. The molecule has 0 aromatic rings. The minimum Gasteiger partial charge on any atom is -0.330 e. The normalized spacial score (nSPS) is 14.3. The molecule has 1 atom stereocenters. The summed E-state index contributed by atoms with van der Waals surface area (Å²) in [7, 11) is -2.19. The van der Waals surface area contributed by atoms with Gasteiger partial charge in [-0.1, -0.05) is 6.92 Å². The Morgan fingerprint density at radius 1 is 1.67 bits per heavy atom. The molecule has 1 unspecified atom stereocenters. The summed E-state index contributed by atoms with van der Waals surface area (Å²) in [4.78, 5) is 16.5. The standard InChI is InChI=1S/C4H12NO3P/c1-4(2-5)3-8-9(6)7/h4,6-7H,2-3,5H2,1H3. The Balaban J connectivity index is 3.06. The van der Waals surface area contributed by atoms with Crippen molar-refractivity contribution in [1.29, 1.82) is 0 Å². The van der Waals surface area contributed by atoms with Gasteiger partial charge >= 0.3 is 8.60 Å². The van der Waals surface area contributed by atoms with Crippen LogP contribution in [0.25, 0.3) is 0 Å². The molecule has 0 heterocycles. The van der Waals surface area contributed by atoms with E-state index in [9.17, 15) is 0 Å². The van der Waals surface area contributed by atoms with Crippen molar-refractivity contribution in [1.82, 2.24) is 0 Å². The van der Waals surface area contributed by atoms with Gasteiger partial charge < -0.3 is 20.0 Å². The van der Waals surface area contributed by atoms with E-state index in [-0.39, 0.29) is 5.92 Å². The van der Waals surface area contributed by atoms with Crippen LogP contribution in [0.4, 0.5) is 0 Å². The van der Waals surface area contributed by atoms with E-state index in [1.54, 1.807) is 0 Å². The van der Waals surface area contributed by atoms with E-state index in [0.717, 1.165) is 0 Å². The van der Waals surface area contributed by atoms with Gasteiger partial charge in [0.1, 0.15) is 0 Å². The van der Waals surface area contributed by atoms with E-state index in [0.29, 0.717) is 13.2 Å². The first-order chi connectivity index (χ1) is 4.16. The van der Waals surface area contributed by atoms with E-state index in [2.05, 4.69) is 4.52 Å². The van der Waals surface area contributed by atoms with Crippen LogP contribution in [0.15, 0.2) is 0 Å². The van der Waals surface area contributed by atoms with Gasteiger partial charge in [0.15, 0.2) is 0 Å². The van der Waals surface area contributed by atoms with Gasteiger partial charge in [0, 0.05) is 0 Å². The minimum absolute atomic E-state index is 0.189. The van der Waals surface area contributed by atoms with Gasteiger partial charge in [-0.05, 0) is 12.5 Å². The molecule has 0 saturated heterocycles. The van der Waals surface area contributed by atoms with Gasteiger partial charge in [-0.3, -0.25) is 0 Å². The first kappa shape index (κ1) is 9.27. The zero-order valence-corrected chi connectivity index (χ0v) is 6.21. The number of rotatable bonds is 4. The Labute approximate surface area is 55.6 Å². The fourth-order valence-corrected chi connectivity index (χ4v) is 0.650. The Bertz CT molecular complexity index is 70.8. The van der Waals surface area contributed by atoms with Crippen molar-refractivity contribution < 1.29 is 14.3 Å². The zero-order valence-electron chi connectivity index (χ0n) is 5.32. The lowest BCUT2D eigenvalue weighted by molar-refractivity contribution is 0.221. The molecule has 4 N–H and O–H groups in total. The van der Waals surface area contributed by atoms with Crippen LogP contribution in [-0.2, 0) is 4.52 Å². The lowest BCUT2D eigenvalue weighted by Gasteiger charge is -2.08. The lowest BCUT2D eigenvalue weighted by atomic mass is 10.2. The second-order valence-corrected chi connectivity index (χ2v) is 2.65. The van der Waals surface area contributed by atoms with Crippen LogP contribution in [0, 0.1) is 5.92 Å². The van der Waals surface area contributed by atoms with Gasteiger partial charge in [0.05, 0.1) is 6.61 Å². The number of hydrogen-bond donors (Lipinski definition) is 3. The molecule has 0 aromatic heterocycles. The van der Waals surface area contributed by atoms with E-state index in [1.165, 1.54) is 0 Å². The lowest BCUT2D eigenvalue weighted by Crippen LogP contribution is -2.15. The summed E-state index contributed by atoms with van der Waals surface area (Å²) in [5, 5.41) is 0. The van der Waals surface area contributed by atoms with Crippen LogP contribution in [-0.4, -0.2) is 22.9 Å². The Hall–Kier alpha value is 0.270. The summed E-state index contributed by atoms with van der Waals surface area (Å²) in [5.74, 6) is 0.189. The molecule has 0 aromatic carbocycles. The smallest absolute Gasteiger partial charge is 0.327 e. The summed E-state index contributed by atoms with van der Waals surface area (Å²) in [6, 6.07) is 0. The van der Waals surface area contributed by atoms with Crippen LogP contribution >= 0.6 is 8.60 Å². The molecular weight excluding hydrogens is 141 g/mol. The molecule has 0 aliphatic rings. The van der Waals surface area contributed by atoms with Crippen molar-refractivity contribution in [3.05, 3.63) is 0 Å². The number of hydrogen-bond acceptors (Lipinski definition) is 4. The monoisotopic (exact) mass is 153 g/mol. The van der Waals surface area contributed by atoms with Crippen molar-refractivity contribution in [3.63, 3.8) is 0 Å². The van der Waals surface area contributed by atoms with E-state index >= 15 is 0 Å². The number of nitrogens with two attached hydrogens (primary N) is 1. The molecule has 4 nitrogen and oxygen atoms in total. The predicted octanol–water partition coefficient (Wildman–Crippen LogP) is -0.191. The summed E-state index contributed by atoms with van der Waals surface area (Å²) in [5.41, 5.74) is 5.22. The molecule has 0 bridgehead atoms. The highest BCUT2D eigenvalue weighted by atomic mass is 31.2. The third kappa shape index (κ3) is 6.15. The molecular formula is C4H12NO3P. The molecule has 0 fully saturated rings.